The quantitative estimate of drug-likeness (QED) is 0.872. The summed E-state index contributed by atoms with van der Waals surface area (Å²) in [6.45, 7) is 1.89. The lowest BCUT2D eigenvalue weighted by Gasteiger charge is -2.41. The minimum absolute atomic E-state index is 0.390. The summed E-state index contributed by atoms with van der Waals surface area (Å²) >= 11 is 3.44. The standard InChI is InChI=1S/C12H13BrN2O/c1-12(16)5-9(6-12)15-7-14-10-4-8(13)2-3-11(10)15/h2-4,7,9,16H,5-6H2,1H3/t9-,12+. The van der Waals surface area contributed by atoms with Gasteiger partial charge in [0.25, 0.3) is 0 Å². The third-order valence-corrected chi connectivity index (χ3v) is 3.77. The van der Waals surface area contributed by atoms with Crippen LogP contribution in [0.3, 0.4) is 0 Å². The van der Waals surface area contributed by atoms with Gasteiger partial charge in [-0.1, -0.05) is 15.9 Å². The maximum Gasteiger partial charge on any atom is 0.0960 e. The highest BCUT2D eigenvalue weighted by Gasteiger charge is 2.39. The smallest absolute Gasteiger partial charge is 0.0960 e. The van der Waals surface area contributed by atoms with Gasteiger partial charge in [0.1, 0.15) is 0 Å². The molecule has 0 unspecified atom stereocenters. The van der Waals surface area contributed by atoms with E-state index in [1.807, 2.05) is 25.4 Å². The zero-order valence-electron chi connectivity index (χ0n) is 9.02. The number of hydrogen-bond acceptors (Lipinski definition) is 2. The van der Waals surface area contributed by atoms with Crippen LogP contribution < -0.4 is 0 Å². The molecule has 1 aromatic heterocycles. The summed E-state index contributed by atoms with van der Waals surface area (Å²) in [5.74, 6) is 0. The largest absolute Gasteiger partial charge is 0.390 e. The monoisotopic (exact) mass is 280 g/mol. The molecule has 16 heavy (non-hydrogen) atoms. The Morgan fingerprint density at radius 1 is 1.50 bits per heavy atom. The molecule has 1 fully saturated rings. The Morgan fingerprint density at radius 2 is 2.25 bits per heavy atom. The number of benzene rings is 1. The molecule has 1 aliphatic rings. The molecule has 3 rings (SSSR count). The van der Waals surface area contributed by atoms with Crippen LogP contribution in [0.2, 0.25) is 0 Å². The Balaban J connectivity index is 2.00. The van der Waals surface area contributed by atoms with Gasteiger partial charge in [0.2, 0.25) is 0 Å². The number of aromatic nitrogens is 2. The van der Waals surface area contributed by atoms with Crippen molar-refractivity contribution in [2.24, 2.45) is 0 Å². The van der Waals surface area contributed by atoms with Crippen molar-refractivity contribution in [3.63, 3.8) is 0 Å². The molecule has 0 bridgehead atoms. The van der Waals surface area contributed by atoms with Crippen LogP contribution in [0, 0.1) is 0 Å². The Kier molecular flexibility index (Phi) is 2.13. The van der Waals surface area contributed by atoms with Gasteiger partial charge in [-0.05, 0) is 38.0 Å². The van der Waals surface area contributed by atoms with Crippen LogP contribution in [0.5, 0.6) is 0 Å². The number of imidazole rings is 1. The van der Waals surface area contributed by atoms with Crippen LogP contribution in [0.4, 0.5) is 0 Å². The summed E-state index contributed by atoms with van der Waals surface area (Å²) < 4.78 is 3.21. The second-order valence-electron chi connectivity index (χ2n) is 4.84. The first-order valence-electron chi connectivity index (χ1n) is 5.40. The molecular weight excluding hydrogens is 268 g/mol. The van der Waals surface area contributed by atoms with Gasteiger partial charge in [0.05, 0.1) is 23.0 Å². The maximum absolute atomic E-state index is 9.76. The topological polar surface area (TPSA) is 38.0 Å². The van der Waals surface area contributed by atoms with Gasteiger partial charge in [-0.3, -0.25) is 0 Å². The van der Waals surface area contributed by atoms with Gasteiger partial charge in [-0.2, -0.15) is 0 Å². The number of nitrogens with zero attached hydrogens (tertiary/aromatic N) is 2. The Bertz CT molecular complexity index is 539. The highest BCUT2D eigenvalue weighted by atomic mass is 79.9. The van der Waals surface area contributed by atoms with Crippen LogP contribution in [0.25, 0.3) is 11.0 Å². The third kappa shape index (κ3) is 1.57. The SMILES string of the molecule is C[C@]1(O)C[C@@H](n2cnc3cc(Br)ccc32)C1. The van der Waals surface area contributed by atoms with Crippen molar-refractivity contribution < 1.29 is 5.11 Å². The summed E-state index contributed by atoms with van der Waals surface area (Å²) in [4.78, 5) is 4.38. The maximum atomic E-state index is 9.76. The van der Waals surface area contributed by atoms with E-state index < -0.39 is 5.60 Å². The summed E-state index contributed by atoms with van der Waals surface area (Å²) in [6, 6.07) is 6.50. The summed E-state index contributed by atoms with van der Waals surface area (Å²) in [6.07, 6.45) is 3.50. The van der Waals surface area contributed by atoms with Crippen LogP contribution in [-0.2, 0) is 0 Å². The van der Waals surface area contributed by atoms with E-state index in [1.54, 1.807) is 0 Å². The molecule has 3 nitrogen and oxygen atoms in total. The minimum atomic E-state index is -0.489. The molecule has 0 amide bonds. The van der Waals surface area contributed by atoms with E-state index in [2.05, 4.69) is 31.5 Å². The van der Waals surface area contributed by atoms with Crippen molar-refractivity contribution in [1.82, 2.24) is 9.55 Å². The molecule has 1 aromatic carbocycles. The summed E-state index contributed by atoms with van der Waals surface area (Å²) in [5.41, 5.74) is 1.65. The second kappa shape index (κ2) is 3.31. The average molecular weight is 281 g/mol. The number of hydrogen-bond donors (Lipinski definition) is 1. The fourth-order valence-corrected chi connectivity index (χ4v) is 2.80. The predicted molar refractivity (Wildman–Crippen MR) is 66.3 cm³/mol. The molecule has 0 aliphatic heterocycles. The molecule has 1 heterocycles. The molecule has 0 spiro atoms. The Hall–Kier alpha value is -0.870. The van der Waals surface area contributed by atoms with E-state index in [-0.39, 0.29) is 0 Å². The lowest BCUT2D eigenvalue weighted by atomic mass is 9.77. The first kappa shape index (κ1) is 10.3. The first-order valence-corrected chi connectivity index (χ1v) is 6.19. The Labute approximate surface area is 102 Å². The summed E-state index contributed by atoms with van der Waals surface area (Å²) in [5, 5.41) is 9.76. The molecule has 0 radical (unpaired) electrons. The van der Waals surface area contributed by atoms with E-state index in [9.17, 15) is 5.11 Å². The van der Waals surface area contributed by atoms with E-state index in [0.717, 1.165) is 28.3 Å². The van der Waals surface area contributed by atoms with Crippen molar-refractivity contribution in [3.8, 4) is 0 Å². The average Bonchev–Trinajstić information content (AvgIpc) is 2.56. The molecule has 2 aromatic rings. The van der Waals surface area contributed by atoms with Crippen molar-refractivity contribution in [2.45, 2.75) is 31.4 Å². The van der Waals surface area contributed by atoms with Crippen LogP contribution in [0.1, 0.15) is 25.8 Å². The van der Waals surface area contributed by atoms with Crippen molar-refractivity contribution in [1.29, 1.82) is 0 Å². The van der Waals surface area contributed by atoms with Gasteiger partial charge >= 0.3 is 0 Å². The van der Waals surface area contributed by atoms with Crippen LogP contribution in [-0.4, -0.2) is 20.3 Å². The second-order valence-corrected chi connectivity index (χ2v) is 5.76. The third-order valence-electron chi connectivity index (χ3n) is 3.28. The van der Waals surface area contributed by atoms with Crippen molar-refractivity contribution in [3.05, 3.63) is 29.0 Å². The van der Waals surface area contributed by atoms with Gasteiger partial charge < -0.3 is 9.67 Å². The number of fused-ring (bicyclic) bond motifs is 1. The van der Waals surface area contributed by atoms with E-state index >= 15 is 0 Å². The zero-order valence-corrected chi connectivity index (χ0v) is 10.6. The fourth-order valence-electron chi connectivity index (χ4n) is 2.45. The van der Waals surface area contributed by atoms with Gasteiger partial charge in [0.15, 0.2) is 0 Å². The number of halogens is 1. The molecule has 0 saturated heterocycles. The summed E-state index contributed by atoms with van der Waals surface area (Å²) in [7, 11) is 0. The van der Waals surface area contributed by atoms with Crippen molar-refractivity contribution in [2.75, 3.05) is 0 Å². The molecule has 1 saturated carbocycles. The Morgan fingerprint density at radius 3 is 2.94 bits per heavy atom. The van der Waals surface area contributed by atoms with Crippen molar-refractivity contribution >= 4 is 27.0 Å². The lowest BCUT2D eigenvalue weighted by Crippen LogP contribution is -2.41. The molecule has 1 N–H and O–H groups in total. The highest BCUT2D eigenvalue weighted by molar-refractivity contribution is 9.10. The zero-order chi connectivity index (χ0) is 11.3. The number of rotatable bonds is 1. The molecular formula is C12H13BrN2O. The minimum Gasteiger partial charge on any atom is -0.390 e. The predicted octanol–water partition coefficient (Wildman–Crippen LogP) is 2.88. The molecule has 84 valence electrons. The van der Waals surface area contributed by atoms with Gasteiger partial charge in [0, 0.05) is 10.5 Å². The van der Waals surface area contributed by atoms with E-state index in [0.29, 0.717) is 6.04 Å². The van der Waals surface area contributed by atoms with Gasteiger partial charge in [-0.15, -0.1) is 0 Å². The molecule has 1 aliphatic carbocycles. The fraction of sp³-hybridized carbons (Fsp3) is 0.417. The van der Waals surface area contributed by atoms with Gasteiger partial charge in [-0.25, -0.2) is 4.98 Å². The number of aliphatic hydroxyl groups is 1. The molecule has 4 heteroatoms. The first-order chi connectivity index (χ1) is 7.55. The van der Waals surface area contributed by atoms with E-state index in [1.165, 1.54) is 0 Å². The highest BCUT2D eigenvalue weighted by Crippen LogP contribution is 2.42. The van der Waals surface area contributed by atoms with Crippen LogP contribution >= 0.6 is 15.9 Å². The van der Waals surface area contributed by atoms with E-state index in [4.69, 9.17) is 0 Å². The van der Waals surface area contributed by atoms with Crippen LogP contribution in [0.15, 0.2) is 29.0 Å². The normalized spacial score (nSPS) is 29.3. The lowest BCUT2D eigenvalue weighted by molar-refractivity contribution is -0.0498. The molecule has 0 atom stereocenters.